The summed E-state index contributed by atoms with van der Waals surface area (Å²) in [5.41, 5.74) is 6.93. The highest BCUT2D eigenvalue weighted by atomic mass is 35.5. The lowest BCUT2D eigenvalue weighted by Crippen LogP contribution is -2.36. The average Bonchev–Trinajstić information content (AvgIpc) is 2.10. The maximum atomic E-state index is 13.2. The van der Waals surface area contributed by atoms with Gasteiger partial charge in [0.25, 0.3) is 0 Å². The van der Waals surface area contributed by atoms with E-state index in [0.717, 1.165) is 5.56 Å². The van der Waals surface area contributed by atoms with Crippen molar-refractivity contribution in [2.45, 2.75) is 33.2 Å². The Hall–Kier alpha value is -0.600. The summed E-state index contributed by atoms with van der Waals surface area (Å²) in [6, 6.07) is 4.85. The largest absolute Gasteiger partial charge is 0.327 e. The lowest BCUT2D eigenvalue weighted by Gasteiger charge is -2.27. The summed E-state index contributed by atoms with van der Waals surface area (Å²) in [4.78, 5) is 0. The quantitative estimate of drug-likeness (QED) is 0.827. The van der Waals surface area contributed by atoms with E-state index in [1.165, 1.54) is 6.07 Å². The first kappa shape index (κ1) is 12.5. The second-order valence-corrected chi connectivity index (χ2v) is 5.33. The van der Waals surface area contributed by atoms with Crippen LogP contribution in [0.5, 0.6) is 0 Å². The van der Waals surface area contributed by atoms with Gasteiger partial charge in [0.05, 0.1) is 5.02 Å². The van der Waals surface area contributed by atoms with Gasteiger partial charge in [-0.25, -0.2) is 4.39 Å². The van der Waals surface area contributed by atoms with Crippen LogP contribution in [0.15, 0.2) is 18.2 Å². The molecule has 84 valence electrons. The van der Waals surface area contributed by atoms with Crippen LogP contribution in [0.1, 0.15) is 26.3 Å². The highest BCUT2D eigenvalue weighted by Gasteiger charge is 2.20. The Bertz CT molecular complexity index is 344. The Kier molecular flexibility index (Phi) is 3.74. The molecule has 0 spiro atoms. The molecular weight excluding hydrogens is 213 g/mol. The monoisotopic (exact) mass is 229 g/mol. The molecule has 0 aromatic heterocycles. The minimum Gasteiger partial charge on any atom is -0.327 e. The molecule has 0 saturated heterocycles. The lowest BCUT2D eigenvalue weighted by molar-refractivity contribution is 0.318. The van der Waals surface area contributed by atoms with Gasteiger partial charge in [-0.3, -0.25) is 0 Å². The SMILES string of the molecule is CC(C)(C)C(N)Cc1ccc(Cl)c(F)c1. The molecular formula is C12H17ClFN. The second kappa shape index (κ2) is 4.50. The number of nitrogens with two attached hydrogens (primary N) is 1. The Morgan fingerprint density at radius 1 is 1.40 bits per heavy atom. The van der Waals surface area contributed by atoms with Crippen LogP contribution in [0.25, 0.3) is 0 Å². The molecule has 0 bridgehead atoms. The van der Waals surface area contributed by atoms with Crippen molar-refractivity contribution in [2.24, 2.45) is 11.1 Å². The molecule has 0 amide bonds. The molecule has 0 heterocycles. The summed E-state index contributed by atoms with van der Waals surface area (Å²) in [6.45, 7) is 6.22. The van der Waals surface area contributed by atoms with Crippen LogP contribution in [-0.4, -0.2) is 6.04 Å². The molecule has 1 rings (SSSR count). The topological polar surface area (TPSA) is 26.0 Å². The van der Waals surface area contributed by atoms with Crippen molar-refractivity contribution >= 4 is 11.6 Å². The number of rotatable bonds is 2. The third-order valence-corrected chi connectivity index (χ3v) is 2.86. The van der Waals surface area contributed by atoms with Gasteiger partial charge < -0.3 is 5.73 Å². The fourth-order valence-corrected chi connectivity index (χ4v) is 1.34. The van der Waals surface area contributed by atoms with Crippen molar-refractivity contribution in [1.82, 2.24) is 0 Å². The van der Waals surface area contributed by atoms with Crippen LogP contribution < -0.4 is 5.73 Å². The van der Waals surface area contributed by atoms with Crippen LogP contribution in [-0.2, 0) is 6.42 Å². The van der Waals surface area contributed by atoms with Gasteiger partial charge in [0.1, 0.15) is 5.82 Å². The van der Waals surface area contributed by atoms with E-state index >= 15 is 0 Å². The van der Waals surface area contributed by atoms with Gasteiger partial charge in [-0.05, 0) is 29.5 Å². The van der Waals surface area contributed by atoms with Gasteiger partial charge in [0.15, 0.2) is 0 Å². The minimum absolute atomic E-state index is 0.0121. The Labute approximate surface area is 95.4 Å². The zero-order valence-electron chi connectivity index (χ0n) is 9.35. The van der Waals surface area contributed by atoms with Crippen LogP contribution in [0.3, 0.4) is 0 Å². The Morgan fingerprint density at radius 2 is 2.00 bits per heavy atom. The zero-order chi connectivity index (χ0) is 11.6. The van der Waals surface area contributed by atoms with Gasteiger partial charge in [0, 0.05) is 6.04 Å². The average molecular weight is 230 g/mol. The van der Waals surface area contributed by atoms with Crippen LogP contribution >= 0.6 is 11.6 Å². The highest BCUT2D eigenvalue weighted by Crippen LogP contribution is 2.22. The Balaban J connectivity index is 2.78. The zero-order valence-corrected chi connectivity index (χ0v) is 10.1. The predicted octanol–water partition coefficient (Wildman–Crippen LogP) is 3.40. The van der Waals surface area contributed by atoms with Gasteiger partial charge in [0.2, 0.25) is 0 Å². The first-order valence-corrected chi connectivity index (χ1v) is 5.38. The van der Waals surface area contributed by atoms with Gasteiger partial charge in [-0.1, -0.05) is 38.4 Å². The maximum absolute atomic E-state index is 13.2. The molecule has 1 aromatic rings. The van der Waals surface area contributed by atoms with Gasteiger partial charge in [-0.2, -0.15) is 0 Å². The first-order chi connectivity index (χ1) is 6.80. The van der Waals surface area contributed by atoms with E-state index in [2.05, 4.69) is 20.8 Å². The van der Waals surface area contributed by atoms with Crippen molar-refractivity contribution in [1.29, 1.82) is 0 Å². The molecule has 3 heteroatoms. The summed E-state index contributed by atoms with van der Waals surface area (Å²) in [6.07, 6.45) is 0.664. The molecule has 0 fully saturated rings. The summed E-state index contributed by atoms with van der Waals surface area (Å²) in [5, 5.41) is 0.156. The molecule has 1 unspecified atom stereocenters. The molecule has 0 aliphatic heterocycles. The van der Waals surface area contributed by atoms with Crippen molar-refractivity contribution in [3.05, 3.63) is 34.6 Å². The summed E-state index contributed by atoms with van der Waals surface area (Å²) < 4.78 is 13.2. The van der Waals surface area contributed by atoms with Crippen molar-refractivity contribution in [3.63, 3.8) is 0 Å². The number of benzene rings is 1. The molecule has 2 N–H and O–H groups in total. The van der Waals surface area contributed by atoms with Crippen molar-refractivity contribution in [3.8, 4) is 0 Å². The summed E-state index contributed by atoms with van der Waals surface area (Å²) in [7, 11) is 0. The predicted molar refractivity (Wildman–Crippen MR) is 62.5 cm³/mol. The third kappa shape index (κ3) is 3.47. The first-order valence-electron chi connectivity index (χ1n) is 5.00. The molecule has 0 radical (unpaired) electrons. The van der Waals surface area contributed by atoms with Crippen LogP contribution in [0.4, 0.5) is 4.39 Å². The van der Waals surface area contributed by atoms with E-state index in [4.69, 9.17) is 17.3 Å². The molecule has 0 aliphatic rings. The maximum Gasteiger partial charge on any atom is 0.142 e. The molecule has 0 saturated carbocycles. The smallest absolute Gasteiger partial charge is 0.142 e. The normalized spacial score (nSPS) is 14.0. The van der Waals surface area contributed by atoms with Crippen LogP contribution in [0.2, 0.25) is 5.02 Å². The fourth-order valence-electron chi connectivity index (χ4n) is 1.23. The highest BCUT2D eigenvalue weighted by molar-refractivity contribution is 6.30. The standard InChI is InChI=1S/C12H17ClFN/c1-12(2,3)11(15)7-8-4-5-9(13)10(14)6-8/h4-6,11H,7,15H2,1-3H3. The second-order valence-electron chi connectivity index (χ2n) is 4.93. The van der Waals surface area contributed by atoms with E-state index in [9.17, 15) is 4.39 Å². The third-order valence-electron chi connectivity index (χ3n) is 2.55. The van der Waals surface area contributed by atoms with Crippen molar-refractivity contribution in [2.75, 3.05) is 0 Å². The van der Waals surface area contributed by atoms with E-state index in [0.29, 0.717) is 6.42 Å². The summed E-state index contributed by atoms with van der Waals surface area (Å²) in [5.74, 6) is -0.379. The van der Waals surface area contributed by atoms with Crippen molar-refractivity contribution < 1.29 is 4.39 Å². The van der Waals surface area contributed by atoms with E-state index < -0.39 is 0 Å². The minimum atomic E-state index is -0.379. The summed E-state index contributed by atoms with van der Waals surface area (Å²) >= 11 is 5.60. The number of hydrogen-bond acceptors (Lipinski definition) is 1. The van der Waals surface area contributed by atoms with Crippen LogP contribution in [0, 0.1) is 11.2 Å². The van der Waals surface area contributed by atoms with E-state index in [1.54, 1.807) is 6.07 Å². The molecule has 0 aliphatic carbocycles. The van der Waals surface area contributed by atoms with E-state index in [1.807, 2.05) is 6.07 Å². The van der Waals surface area contributed by atoms with Gasteiger partial charge >= 0.3 is 0 Å². The number of halogens is 2. The number of hydrogen-bond donors (Lipinski definition) is 1. The Morgan fingerprint density at radius 3 is 2.47 bits per heavy atom. The molecule has 1 aromatic carbocycles. The fraction of sp³-hybridized carbons (Fsp3) is 0.500. The van der Waals surface area contributed by atoms with E-state index in [-0.39, 0.29) is 22.3 Å². The van der Waals surface area contributed by atoms with Gasteiger partial charge in [-0.15, -0.1) is 0 Å². The molecule has 15 heavy (non-hydrogen) atoms. The lowest BCUT2D eigenvalue weighted by atomic mass is 9.84. The molecule has 1 atom stereocenters. The molecule has 1 nitrogen and oxygen atoms in total.